The zero-order chi connectivity index (χ0) is 14.6. The molecule has 0 heterocycles. The van der Waals surface area contributed by atoms with E-state index >= 15 is 0 Å². The van der Waals surface area contributed by atoms with E-state index in [1.807, 2.05) is 12.1 Å². The first-order valence-electron chi connectivity index (χ1n) is 5.95. The molecular formula is C12H24N3O2P. The molecule has 0 aliphatic rings. The zero-order valence-electron chi connectivity index (χ0n) is 12.0. The van der Waals surface area contributed by atoms with Crippen molar-refractivity contribution in [1.29, 1.82) is 10.5 Å². The van der Waals surface area contributed by atoms with E-state index in [0.717, 1.165) is 0 Å². The minimum Gasteiger partial charge on any atom is -0.318 e. The molecular weight excluding hydrogens is 249 g/mol. The highest BCUT2D eigenvalue weighted by Crippen LogP contribution is 2.18. The summed E-state index contributed by atoms with van der Waals surface area (Å²) in [5, 5.41) is 19.8. The summed E-state index contributed by atoms with van der Waals surface area (Å²) in [6, 6.07) is 5.01. The maximum Gasteiger partial charge on any atom is 0.157 e. The molecule has 0 saturated heterocycles. The third-order valence-corrected chi connectivity index (χ3v) is 2.38. The summed E-state index contributed by atoms with van der Waals surface area (Å²) in [6.07, 6.45) is -0.946. The molecule has 0 aliphatic heterocycles. The quantitative estimate of drug-likeness (QED) is 0.753. The smallest absolute Gasteiger partial charge is 0.157 e. The zero-order valence-corrected chi connectivity index (χ0v) is 13.0. The van der Waals surface area contributed by atoms with Crippen molar-refractivity contribution in [3.05, 3.63) is 0 Å². The van der Waals surface area contributed by atoms with Gasteiger partial charge >= 0.3 is 0 Å². The van der Waals surface area contributed by atoms with Crippen molar-refractivity contribution in [2.45, 2.75) is 65.8 Å². The van der Waals surface area contributed by atoms with E-state index < -0.39 is 12.2 Å². The summed E-state index contributed by atoms with van der Waals surface area (Å²) >= 11 is 0. The van der Waals surface area contributed by atoms with Gasteiger partial charge in [0.25, 0.3) is 0 Å². The van der Waals surface area contributed by atoms with Gasteiger partial charge in [-0.05, 0) is 13.8 Å². The van der Waals surface area contributed by atoms with Crippen LogP contribution < -0.4 is 5.32 Å². The van der Waals surface area contributed by atoms with Gasteiger partial charge in [-0.3, -0.25) is 0 Å². The van der Waals surface area contributed by atoms with E-state index in [1.165, 1.54) is 0 Å². The second-order valence-electron chi connectivity index (χ2n) is 4.34. The molecule has 1 N–H and O–H groups in total. The van der Waals surface area contributed by atoms with Gasteiger partial charge in [-0.1, -0.05) is 27.7 Å². The maximum atomic E-state index is 8.27. The van der Waals surface area contributed by atoms with Crippen LogP contribution in [-0.4, -0.2) is 24.3 Å². The van der Waals surface area contributed by atoms with Crippen molar-refractivity contribution < 1.29 is 9.05 Å². The Morgan fingerprint density at radius 2 is 1.17 bits per heavy atom. The number of nitrogens with one attached hydrogen (secondary N) is 1. The second kappa shape index (κ2) is 12.7. The Morgan fingerprint density at radius 1 is 0.833 bits per heavy atom. The van der Waals surface area contributed by atoms with Crippen LogP contribution in [0.3, 0.4) is 0 Å². The van der Waals surface area contributed by atoms with Crippen molar-refractivity contribution in [3.63, 3.8) is 0 Å². The van der Waals surface area contributed by atoms with Gasteiger partial charge in [0.2, 0.25) is 0 Å². The number of hydrogen-bond acceptors (Lipinski definition) is 5. The van der Waals surface area contributed by atoms with E-state index in [0.29, 0.717) is 12.1 Å². The predicted molar refractivity (Wildman–Crippen MR) is 74.0 cm³/mol. The molecule has 0 radical (unpaired) electrons. The molecule has 6 heteroatoms. The maximum absolute atomic E-state index is 8.27. The summed E-state index contributed by atoms with van der Waals surface area (Å²) in [7, 11) is -0.238. The third-order valence-electron chi connectivity index (χ3n) is 1.48. The topological polar surface area (TPSA) is 78.1 Å². The molecule has 5 nitrogen and oxygen atoms in total. The van der Waals surface area contributed by atoms with Gasteiger partial charge in [0.05, 0.1) is 12.1 Å². The fourth-order valence-electron chi connectivity index (χ4n) is 0.891. The van der Waals surface area contributed by atoms with Crippen LogP contribution in [0.15, 0.2) is 0 Å². The number of hydrogen-bond donors (Lipinski definition) is 1. The molecule has 104 valence electrons. The first-order chi connectivity index (χ1) is 8.33. The molecule has 0 aliphatic carbocycles. The third kappa shape index (κ3) is 17.7. The SMILES string of the molecule is CC(C#N)OPOC(C)C#N.CC(C)NC(C)C. The van der Waals surface area contributed by atoms with Crippen LogP contribution in [0.4, 0.5) is 0 Å². The molecule has 0 aromatic carbocycles. The van der Waals surface area contributed by atoms with Crippen molar-refractivity contribution in [2.75, 3.05) is 0 Å². The van der Waals surface area contributed by atoms with Crippen LogP contribution in [0, 0.1) is 22.7 Å². The lowest BCUT2D eigenvalue weighted by Crippen LogP contribution is -2.29. The summed E-state index contributed by atoms with van der Waals surface area (Å²) in [5.74, 6) is 0. The van der Waals surface area contributed by atoms with Gasteiger partial charge < -0.3 is 14.4 Å². The molecule has 0 spiro atoms. The Morgan fingerprint density at radius 3 is 1.33 bits per heavy atom. The normalized spacial score (nSPS) is 13.9. The average Bonchev–Trinajstić information content (AvgIpc) is 2.27. The molecule has 0 aromatic rings. The molecule has 2 unspecified atom stereocenters. The van der Waals surface area contributed by atoms with Crippen molar-refractivity contribution in [1.82, 2.24) is 5.32 Å². The highest BCUT2D eigenvalue weighted by Gasteiger charge is 2.02. The van der Waals surface area contributed by atoms with Gasteiger partial charge in [0.15, 0.2) is 9.03 Å². The largest absolute Gasteiger partial charge is 0.318 e. The van der Waals surface area contributed by atoms with Crippen LogP contribution in [0.1, 0.15) is 41.5 Å². The number of nitrogens with zero attached hydrogens (tertiary/aromatic N) is 2. The molecule has 0 saturated carbocycles. The molecule has 0 rings (SSSR count). The Kier molecular flexibility index (Phi) is 13.9. The van der Waals surface area contributed by atoms with E-state index in [2.05, 4.69) is 33.0 Å². The summed E-state index contributed by atoms with van der Waals surface area (Å²) in [5.41, 5.74) is 0. The highest BCUT2D eigenvalue weighted by atomic mass is 31.1. The predicted octanol–water partition coefficient (Wildman–Crippen LogP) is 2.75. The van der Waals surface area contributed by atoms with Crippen LogP contribution in [0.2, 0.25) is 0 Å². The average molecular weight is 273 g/mol. The molecule has 2 atom stereocenters. The Hall–Kier alpha value is -0.710. The molecule has 0 fully saturated rings. The first-order valence-corrected chi connectivity index (χ1v) is 6.76. The van der Waals surface area contributed by atoms with Gasteiger partial charge in [0.1, 0.15) is 12.2 Å². The number of rotatable bonds is 6. The standard InChI is InChI=1S/C6H9N2O2P.C6H15N/c1-5(3-7)9-11-10-6(2)4-8;1-5(2)7-6(3)4/h5-6,11H,1-2H3;5-7H,1-4H3. The van der Waals surface area contributed by atoms with Crippen molar-refractivity contribution >= 4 is 9.03 Å². The van der Waals surface area contributed by atoms with Crippen LogP contribution >= 0.6 is 9.03 Å². The summed E-state index contributed by atoms with van der Waals surface area (Å²) in [4.78, 5) is 0. The van der Waals surface area contributed by atoms with E-state index in [9.17, 15) is 0 Å². The first kappa shape index (κ1) is 19.6. The van der Waals surface area contributed by atoms with Gasteiger partial charge in [-0.15, -0.1) is 0 Å². The fourth-order valence-corrected chi connectivity index (χ4v) is 1.34. The minimum atomic E-state index is -0.473. The second-order valence-corrected chi connectivity index (χ2v) is 4.98. The van der Waals surface area contributed by atoms with Gasteiger partial charge in [0, 0.05) is 12.1 Å². The van der Waals surface area contributed by atoms with Crippen molar-refractivity contribution in [3.8, 4) is 12.1 Å². The van der Waals surface area contributed by atoms with Gasteiger partial charge in [-0.2, -0.15) is 10.5 Å². The van der Waals surface area contributed by atoms with E-state index in [-0.39, 0.29) is 9.03 Å². The number of nitriles is 2. The van der Waals surface area contributed by atoms with E-state index in [1.54, 1.807) is 13.8 Å². The van der Waals surface area contributed by atoms with E-state index in [4.69, 9.17) is 19.6 Å². The Labute approximate surface area is 112 Å². The Balaban J connectivity index is 0. The Bertz CT molecular complexity index is 245. The minimum absolute atomic E-state index is 0.238. The summed E-state index contributed by atoms with van der Waals surface area (Å²) < 4.78 is 9.71. The lowest BCUT2D eigenvalue weighted by molar-refractivity contribution is 0.225. The lowest BCUT2D eigenvalue weighted by Gasteiger charge is -2.10. The summed E-state index contributed by atoms with van der Waals surface area (Å²) in [6.45, 7) is 11.8. The fraction of sp³-hybridized carbons (Fsp3) is 0.833. The molecule has 0 aromatic heterocycles. The monoisotopic (exact) mass is 273 g/mol. The molecule has 18 heavy (non-hydrogen) atoms. The van der Waals surface area contributed by atoms with Crippen molar-refractivity contribution in [2.24, 2.45) is 0 Å². The van der Waals surface area contributed by atoms with Crippen LogP contribution in [0.5, 0.6) is 0 Å². The highest BCUT2D eigenvalue weighted by molar-refractivity contribution is 7.26. The van der Waals surface area contributed by atoms with Crippen LogP contribution in [-0.2, 0) is 9.05 Å². The van der Waals surface area contributed by atoms with Gasteiger partial charge in [-0.25, -0.2) is 0 Å². The lowest BCUT2D eigenvalue weighted by atomic mass is 10.3. The van der Waals surface area contributed by atoms with Crippen LogP contribution in [0.25, 0.3) is 0 Å². The molecule has 0 amide bonds. The molecule has 0 bridgehead atoms.